The third kappa shape index (κ3) is 3.77. The summed E-state index contributed by atoms with van der Waals surface area (Å²) < 4.78 is 5.37. The Hall–Kier alpha value is -3.08. The van der Waals surface area contributed by atoms with E-state index in [-0.39, 0.29) is 28.4 Å². The zero-order valence-corrected chi connectivity index (χ0v) is 12.5. The van der Waals surface area contributed by atoms with E-state index in [0.29, 0.717) is 5.56 Å². The molecular weight excluding hydrogens is 296 g/mol. The lowest BCUT2D eigenvalue weighted by atomic mass is 10.0. The molecule has 0 saturated carbocycles. The topological polar surface area (TPSA) is 86.7 Å². The van der Waals surface area contributed by atoms with Gasteiger partial charge in [0, 0.05) is 17.2 Å². The number of ether oxygens (including phenoxy) is 1. The van der Waals surface area contributed by atoms with Crippen molar-refractivity contribution >= 4 is 11.8 Å². The molecule has 0 spiro atoms. The molecule has 2 aromatic rings. The minimum atomic E-state index is -1.41. The van der Waals surface area contributed by atoms with Crippen LogP contribution >= 0.6 is 0 Å². The molecule has 0 amide bonds. The number of aliphatic carboxylic acids is 1. The molecule has 5 nitrogen and oxygen atoms in total. The Balaban J connectivity index is 2.20. The average Bonchev–Trinajstić information content (AvgIpc) is 2.54. The molecule has 0 fully saturated rings. The molecule has 0 aliphatic rings. The van der Waals surface area contributed by atoms with E-state index in [1.807, 2.05) is 0 Å². The van der Waals surface area contributed by atoms with Gasteiger partial charge in [0.1, 0.15) is 17.6 Å². The maximum Gasteiger partial charge on any atom is 0.196 e. The van der Waals surface area contributed by atoms with Crippen LogP contribution in [0.4, 0.5) is 0 Å². The zero-order chi connectivity index (χ0) is 17.0. The Kier molecular flexibility index (Phi) is 4.81. The van der Waals surface area contributed by atoms with E-state index < -0.39 is 12.1 Å². The first-order valence-electron chi connectivity index (χ1n) is 6.89. The molecular formula is C18H15O5-. The lowest BCUT2D eigenvalue weighted by Crippen LogP contribution is -2.31. The van der Waals surface area contributed by atoms with Crippen LogP contribution < -0.4 is 9.84 Å². The number of carboxylic acid groups (broad SMARTS) is 1. The maximum atomic E-state index is 12.3. The Bertz CT molecular complexity index is 749. The van der Waals surface area contributed by atoms with Crippen LogP contribution in [0.1, 0.15) is 22.8 Å². The molecule has 5 heteroatoms. The number of carboxylic acids is 1. The first kappa shape index (κ1) is 16.3. The third-order valence-corrected chi connectivity index (χ3v) is 3.32. The molecule has 0 bridgehead atoms. The number of phenols is 1. The van der Waals surface area contributed by atoms with E-state index in [2.05, 4.69) is 6.58 Å². The maximum absolute atomic E-state index is 12.3. The van der Waals surface area contributed by atoms with Crippen LogP contribution in [0.3, 0.4) is 0 Å². The second-order valence-electron chi connectivity index (χ2n) is 4.95. The van der Waals surface area contributed by atoms with Gasteiger partial charge in [-0.2, -0.15) is 0 Å². The highest BCUT2D eigenvalue weighted by atomic mass is 16.5. The normalized spacial score (nSPS) is 11.5. The van der Waals surface area contributed by atoms with Gasteiger partial charge >= 0.3 is 0 Å². The fraction of sp³-hybridized carbons (Fsp3) is 0.111. The molecule has 2 rings (SSSR count). The van der Waals surface area contributed by atoms with Crippen molar-refractivity contribution in [3.63, 3.8) is 0 Å². The smallest absolute Gasteiger partial charge is 0.196 e. The number of rotatable bonds is 6. The molecule has 0 aliphatic carbocycles. The van der Waals surface area contributed by atoms with Crippen molar-refractivity contribution in [2.45, 2.75) is 13.0 Å². The summed E-state index contributed by atoms with van der Waals surface area (Å²) in [6.45, 7) is 4.85. The quantitative estimate of drug-likeness (QED) is 0.648. The minimum absolute atomic E-state index is 0.134. The van der Waals surface area contributed by atoms with E-state index in [0.717, 1.165) is 0 Å². The minimum Gasteiger partial charge on any atom is -0.545 e. The number of hydrogen-bond donors (Lipinski definition) is 1. The number of aromatic hydroxyl groups is 1. The number of phenolic OH excluding ortho intramolecular Hbond substituents is 1. The molecule has 0 aromatic heterocycles. The van der Waals surface area contributed by atoms with E-state index in [9.17, 15) is 19.8 Å². The van der Waals surface area contributed by atoms with Gasteiger partial charge in [0.25, 0.3) is 0 Å². The van der Waals surface area contributed by atoms with Crippen molar-refractivity contribution in [2.75, 3.05) is 0 Å². The molecule has 1 N–H and O–H groups in total. The first-order valence-corrected chi connectivity index (χ1v) is 6.89. The first-order chi connectivity index (χ1) is 10.9. The van der Waals surface area contributed by atoms with Crippen LogP contribution in [-0.2, 0) is 4.79 Å². The SMILES string of the molecule is C=C(C(=O)[O-])C(C)Oc1ccc(C(=O)c2ccccc2)c(O)c1. The Morgan fingerprint density at radius 1 is 1.17 bits per heavy atom. The van der Waals surface area contributed by atoms with Gasteiger partial charge in [-0.05, 0) is 19.1 Å². The summed E-state index contributed by atoms with van der Waals surface area (Å²) in [5, 5.41) is 20.7. The van der Waals surface area contributed by atoms with Gasteiger partial charge < -0.3 is 19.7 Å². The highest BCUT2D eigenvalue weighted by Gasteiger charge is 2.15. The second-order valence-corrected chi connectivity index (χ2v) is 4.95. The molecule has 1 atom stereocenters. The van der Waals surface area contributed by atoms with E-state index in [1.54, 1.807) is 30.3 Å². The molecule has 118 valence electrons. The van der Waals surface area contributed by atoms with Crippen molar-refractivity contribution in [3.05, 3.63) is 71.8 Å². The predicted molar refractivity (Wildman–Crippen MR) is 82.2 cm³/mol. The molecule has 0 saturated heterocycles. The monoisotopic (exact) mass is 311 g/mol. The van der Waals surface area contributed by atoms with E-state index in [4.69, 9.17) is 4.74 Å². The second kappa shape index (κ2) is 6.79. The van der Waals surface area contributed by atoms with Crippen LogP contribution in [0, 0.1) is 0 Å². The van der Waals surface area contributed by atoms with Crippen LogP contribution in [0.2, 0.25) is 0 Å². The number of carbonyl (C=O) groups is 2. The molecule has 0 aliphatic heterocycles. The highest BCUT2D eigenvalue weighted by molar-refractivity contribution is 6.10. The van der Waals surface area contributed by atoms with Gasteiger partial charge in [0.05, 0.1) is 11.5 Å². The van der Waals surface area contributed by atoms with Crippen molar-refractivity contribution in [2.24, 2.45) is 0 Å². The predicted octanol–water partition coefficient (Wildman–Crippen LogP) is 1.70. The summed E-state index contributed by atoms with van der Waals surface area (Å²) in [5.41, 5.74) is 0.374. The Labute approximate surface area is 133 Å². The van der Waals surface area contributed by atoms with Crippen LogP contribution in [0.15, 0.2) is 60.7 Å². The third-order valence-electron chi connectivity index (χ3n) is 3.32. The van der Waals surface area contributed by atoms with Crippen LogP contribution in [0.5, 0.6) is 11.5 Å². The zero-order valence-electron chi connectivity index (χ0n) is 12.5. The standard InChI is InChI=1S/C18H16O5/c1-11(18(21)22)12(2)23-14-8-9-15(16(19)10-14)17(20)13-6-4-3-5-7-13/h3-10,12,19H,1H2,2H3,(H,21,22)/p-1. The fourth-order valence-corrected chi connectivity index (χ4v) is 1.96. The Morgan fingerprint density at radius 3 is 2.39 bits per heavy atom. The summed E-state index contributed by atoms with van der Waals surface area (Å²) in [6.07, 6.45) is -0.824. The molecule has 0 radical (unpaired) electrons. The number of benzene rings is 2. The molecule has 23 heavy (non-hydrogen) atoms. The summed E-state index contributed by atoms with van der Waals surface area (Å²) >= 11 is 0. The van der Waals surface area contributed by atoms with Crippen molar-refractivity contribution in [3.8, 4) is 11.5 Å². The van der Waals surface area contributed by atoms with Crippen molar-refractivity contribution in [1.82, 2.24) is 0 Å². The number of hydrogen-bond acceptors (Lipinski definition) is 5. The largest absolute Gasteiger partial charge is 0.545 e. The van der Waals surface area contributed by atoms with Crippen LogP contribution in [-0.4, -0.2) is 23.0 Å². The van der Waals surface area contributed by atoms with Crippen molar-refractivity contribution < 1.29 is 24.5 Å². The van der Waals surface area contributed by atoms with E-state index in [1.165, 1.54) is 25.1 Å². The van der Waals surface area contributed by atoms with Crippen LogP contribution in [0.25, 0.3) is 0 Å². The summed E-state index contributed by atoms with van der Waals surface area (Å²) in [6, 6.07) is 12.7. The summed E-state index contributed by atoms with van der Waals surface area (Å²) in [5.74, 6) is -1.75. The van der Waals surface area contributed by atoms with E-state index >= 15 is 0 Å². The van der Waals surface area contributed by atoms with Gasteiger partial charge in [-0.15, -0.1) is 0 Å². The molecule has 0 heterocycles. The number of carbonyl (C=O) groups excluding carboxylic acids is 2. The summed E-state index contributed by atoms with van der Waals surface area (Å²) in [4.78, 5) is 23.0. The van der Waals surface area contributed by atoms with Gasteiger partial charge in [0.2, 0.25) is 0 Å². The average molecular weight is 311 g/mol. The fourth-order valence-electron chi connectivity index (χ4n) is 1.96. The lowest BCUT2D eigenvalue weighted by Gasteiger charge is -2.18. The van der Waals surface area contributed by atoms with Crippen molar-refractivity contribution in [1.29, 1.82) is 0 Å². The molecule has 1 unspecified atom stereocenters. The van der Waals surface area contributed by atoms with Gasteiger partial charge in [-0.1, -0.05) is 36.9 Å². The van der Waals surface area contributed by atoms with Gasteiger partial charge in [-0.25, -0.2) is 0 Å². The van der Waals surface area contributed by atoms with Gasteiger partial charge in [0.15, 0.2) is 5.78 Å². The highest BCUT2D eigenvalue weighted by Crippen LogP contribution is 2.27. The Morgan fingerprint density at radius 2 is 1.83 bits per heavy atom. The lowest BCUT2D eigenvalue weighted by molar-refractivity contribution is -0.300. The molecule has 2 aromatic carbocycles. The number of ketones is 1. The summed E-state index contributed by atoms with van der Waals surface area (Å²) in [7, 11) is 0. The van der Waals surface area contributed by atoms with Gasteiger partial charge in [-0.3, -0.25) is 4.79 Å².